The molecule has 0 spiro atoms. The van der Waals surface area contributed by atoms with Gasteiger partial charge in [-0.3, -0.25) is 9.69 Å². The molecule has 0 amide bonds. The first-order valence-corrected chi connectivity index (χ1v) is 7.03. The van der Waals surface area contributed by atoms with Crippen LogP contribution >= 0.6 is 0 Å². The number of aliphatic hydroxyl groups is 3. The summed E-state index contributed by atoms with van der Waals surface area (Å²) in [5.74, 6) is 0.373. The molecule has 6 heteroatoms. The van der Waals surface area contributed by atoms with Crippen molar-refractivity contribution in [1.82, 2.24) is 4.90 Å². The topological polar surface area (TPSA) is 90.2 Å². The van der Waals surface area contributed by atoms with Gasteiger partial charge in [0.05, 0.1) is 6.10 Å². The molecule has 1 aliphatic rings. The Bertz CT molecular complexity index is 257. The number of carbonyl (C=O) groups is 1. The van der Waals surface area contributed by atoms with Gasteiger partial charge in [0, 0.05) is 19.7 Å². The first-order chi connectivity index (χ1) is 9.21. The van der Waals surface area contributed by atoms with E-state index in [0.29, 0.717) is 12.4 Å². The summed E-state index contributed by atoms with van der Waals surface area (Å²) in [5.41, 5.74) is -0.318. The van der Waals surface area contributed by atoms with E-state index in [1.54, 1.807) is 6.92 Å². The second-order valence-corrected chi connectivity index (χ2v) is 6.14. The van der Waals surface area contributed by atoms with Crippen molar-refractivity contribution in [3.05, 3.63) is 0 Å². The van der Waals surface area contributed by atoms with E-state index < -0.39 is 12.3 Å². The number of hydrogen-bond donors (Lipinski definition) is 3. The lowest BCUT2D eigenvalue weighted by Crippen LogP contribution is -2.46. The minimum absolute atomic E-state index is 0.235. The summed E-state index contributed by atoms with van der Waals surface area (Å²) in [7, 11) is 0. The number of aliphatic hydroxyl groups excluding tert-OH is 3. The Balaban J connectivity index is 0.000000441. The van der Waals surface area contributed by atoms with Crippen molar-refractivity contribution in [1.29, 1.82) is 0 Å². The van der Waals surface area contributed by atoms with Gasteiger partial charge in [-0.05, 0) is 46.5 Å². The van der Waals surface area contributed by atoms with Gasteiger partial charge in [-0.2, -0.15) is 0 Å². The van der Waals surface area contributed by atoms with Gasteiger partial charge < -0.3 is 20.1 Å². The molecular formula is C14H29NO5. The van der Waals surface area contributed by atoms with Gasteiger partial charge in [0.2, 0.25) is 0 Å². The third-order valence-electron chi connectivity index (χ3n) is 3.11. The number of piperidine rings is 1. The second-order valence-electron chi connectivity index (χ2n) is 6.14. The monoisotopic (exact) mass is 291 g/mol. The van der Waals surface area contributed by atoms with Crippen molar-refractivity contribution < 1.29 is 24.9 Å². The number of likely N-dealkylation sites (tertiary alicyclic amines) is 1. The highest BCUT2D eigenvalue weighted by atomic mass is 16.5. The van der Waals surface area contributed by atoms with Crippen LogP contribution in [-0.2, 0) is 9.53 Å². The van der Waals surface area contributed by atoms with E-state index in [9.17, 15) is 9.90 Å². The molecule has 0 aromatic rings. The van der Waals surface area contributed by atoms with Crippen LogP contribution in [0, 0.1) is 5.92 Å². The standard InChI is InChI=1S/C9H19NO3.C5H10O2/c1-7(12)9(13)10-4-2-8(6-11)3-5-10;1-5(2,3)7-4-6/h7-9,11-13H,2-6H2,1H3;4H,1-3H3. The van der Waals surface area contributed by atoms with E-state index in [4.69, 9.17) is 10.2 Å². The van der Waals surface area contributed by atoms with Crippen LogP contribution in [0.5, 0.6) is 0 Å². The van der Waals surface area contributed by atoms with Gasteiger partial charge in [-0.25, -0.2) is 0 Å². The molecule has 1 saturated heterocycles. The van der Waals surface area contributed by atoms with Crippen molar-refractivity contribution in [2.24, 2.45) is 5.92 Å². The van der Waals surface area contributed by atoms with Crippen LogP contribution in [0.2, 0.25) is 0 Å². The summed E-state index contributed by atoms with van der Waals surface area (Å²) in [6, 6.07) is 0. The number of hydrogen-bond acceptors (Lipinski definition) is 6. The first-order valence-electron chi connectivity index (χ1n) is 7.03. The Morgan fingerprint density at radius 1 is 1.30 bits per heavy atom. The lowest BCUT2D eigenvalue weighted by atomic mass is 9.97. The second kappa shape index (κ2) is 9.28. The smallest absolute Gasteiger partial charge is 0.293 e. The molecule has 0 aromatic carbocycles. The van der Waals surface area contributed by atoms with Crippen LogP contribution in [0.15, 0.2) is 0 Å². The fourth-order valence-corrected chi connectivity index (χ4v) is 1.85. The summed E-state index contributed by atoms with van der Waals surface area (Å²) >= 11 is 0. The number of rotatable bonds is 4. The molecule has 3 N–H and O–H groups in total. The molecule has 1 heterocycles. The Morgan fingerprint density at radius 3 is 2.05 bits per heavy atom. The predicted octanol–water partition coefficient (Wildman–Crippen LogP) is 0.348. The van der Waals surface area contributed by atoms with Crippen LogP contribution in [0.25, 0.3) is 0 Å². The highest BCUT2D eigenvalue weighted by molar-refractivity contribution is 5.37. The van der Waals surface area contributed by atoms with E-state index in [1.807, 2.05) is 25.7 Å². The summed E-state index contributed by atoms with van der Waals surface area (Å²) in [4.78, 5) is 11.5. The molecule has 1 aliphatic heterocycles. The first kappa shape index (κ1) is 19.3. The Morgan fingerprint density at radius 2 is 1.80 bits per heavy atom. The molecule has 0 bridgehead atoms. The zero-order chi connectivity index (χ0) is 15.8. The summed E-state index contributed by atoms with van der Waals surface area (Å²) in [6.45, 7) is 9.26. The van der Waals surface area contributed by atoms with E-state index >= 15 is 0 Å². The zero-order valence-electron chi connectivity index (χ0n) is 13.0. The van der Waals surface area contributed by atoms with Gasteiger partial charge in [0.15, 0.2) is 0 Å². The average molecular weight is 291 g/mol. The zero-order valence-corrected chi connectivity index (χ0v) is 13.0. The molecule has 1 fully saturated rings. The Labute approximate surface area is 121 Å². The summed E-state index contributed by atoms with van der Waals surface area (Å²) in [5, 5.41) is 27.6. The molecular weight excluding hydrogens is 262 g/mol. The maximum absolute atomic E-state index is 9.60. The number of ether oxygens (including phenoxy) is 1. The van der Waals surface area contributed by atoms with Crippen LogP contribution in [0.3, 0.4) is 0 Å². The van der Waals surface area contributed by atoms with E-state index in [-0.39, 0.29) is 12.2 Å². The molecule has 120 valence electrons. The molecule has 20 heavy (non-hydrogen) atoms. The lowest BCUT2D eigenvalue weighted by molar-refractivity contribution is -0.138. The molecule has 0 radical (unpaired) electrons. The lowest BCUT2D eigenvalue weighted by Gasteiger charge is -2.35. The van der Waals surface area contributed by atoms with Crippen molar-refractivity contribution in [2.45, 2.75) is 58.5 Å². The van der Waals surface area contributed by atoms with E-state index in [1.165, 1.54) is 0 Å². The van der Waals surface area contributed by atoms with E-state index in [2.05, 4.69) is 4.74 Å². The van der Waals surface area contributed by atoms with Crippen molar-refractivity contribution in [2.75, 3.05) is 19.7 Å². The average Bonchev–Trinajstić information content (AvgIpc) is 2.37. The van der Waals surface area contributed by atoms with Gasteiger partial charge in [0.1, 0.15) is 11.8 Å². The highest BCUT2D eigenvalue weighted by Gasteiger charge is 2.25. The van der Waals surface area contributed by atoms with Crippen LogP contribution in [-0.4, -0.2) is 64.3 Å². The molecule has 0 aromatic heterocycles. The van der Waals surface area contributed by atoms with Crippen molar-refractivity contribution in [3.8, 4) is 0 Å². The number of nitrogens with zero attached hydrogens (tertiary/aromatic N) is 1. The van der Waals surface area contributed by atoms with Gasteiger partial charge in [-0.15, -0.1) is 0 Å². The van der Waals surface area contributed by atoms with Crippen molar-refractivity contribution >= 4 is 6.47 Å². The SMILES string of the molecule is CC(C)(C)OC=O.CC(O)C(O)N1CCC(CO)CC1. The maximum atomic E-state index is 9.60. The van der Waals surface area contributed by atoms with Gasteiger partial charge in [0.25, 0.3) is 6.47 Å². The van der Waals surface area contributed by atoms with Crippen molar-refractivity contribution in [3.63, 3.8) is 0 Å². The quantitative estimate of drug-likeness (QED) is 0.648. The molecule has 2 atom stereocenters. The Hall–Kier alpha value is -0.690. The normalized spacial score (nSPS) is 20.6. The minimum Gasteiger partial charge on any atom is -0.462 e. The number of carbonyl (C=O) groups excluding carboxylic acids is 1. The fraction of sp³-hybridized carbons (Fsp3) is 0.929. The largest absolute Gasteiger partial charge is 0.462 e. The van der Waals surface area contributed by atoms with Gasteiger partial charge >= 0.3 is 0 Å². The summed E-state index contributed by atoms with van der Waals surface area (Å²) < 4.78 is 4.55. The fourth-order valence-electron chi connectivity index (χ4n) is 1.85. The predicted molar refractivity (Wildman–Crippen MR) is 76.0 cm³/mol. The maximum Gasteiger partial charge on any atom is 0.293 e. The molecule has 0 saturated carbocycles. The minimum atomic E-state index is -0.750. The third kappa shape index (κ3) is 8.47. The van der Waals surface area contributed by atoms with Crippen LogP contribution < -0.4 is 0 Å². The highest BCUT2D eigenvalue weighted by Crippen LogP contribution is 2.18. The summed E-state index contributed by atoms with van der Waals surface area (Å²) in [6.07, 6.45) is 0.353. The van der Waals surface area contributed by atoms with Crippen LogP contribution in [0.4, 0.5) is 0 Å². The Kier molecular flexibility index (Phi) is 8.96. The molecule has 6 nitrogen and oxygen atoms in total. The molecule has 2 unspecified atom stereocenters. The molecule has 1 rings (SSSR count). The van der Waals surface area contributed by atoms with Gasteiger partial charge in [-0.1, -0.05) is 0 Å². The third-order valence-corrected chi connectivity index (χ3v) is 3.11. The van der Waals surface area contributed by atoms with Crippen LogP contribution in [0.1, 0.15) is 40.5 Å². The molecule has 0 aliphatic carbocycles. The van der Waals surface area contributed by atoms with E-state index in [0.717, 1.165) is 25.9 Å².